The Bertz CT molecular complexity index is 459. The molecule has 2 N–H and O–H groups in total. The van der Waals surface area contributed by atoms with Crippen molar-refractivity contribution in [1.29, 1.82) is 0 Å². The molecule has 1 aliphatic rings. The number of ether oxygens (including phenoxy) is 1. The summed E-state index contributed by atoms with van der Waals surface area (Å²) >= 11 is 0. The number of hydrogen-bond acceptors (Lipinski definition) is 4. The molecular weight excluding hydrogens is 266 g/mol. The van der Waals surface area contributed by atoms with Crippen LogP contribution in [-0.2, 0) is 11.3 Å². The van der Waals surface area contributed by atoms with Crippen LogP contribution >= 0.6 is 0 Å². The number of rotatable bonds is 6. The van der Waals surface area contributed by atoms with Crippen LogP contribution in [0.1, 0.15) is 31.7 Å². The SMILES string of the molecule is COc1ncccc1CNC(=O)CC(C)C1CCCNC1. The van der Waals surface area contributed by atoms with Crippen molar-refractivity contribution in [3.63, 3.8) is 0 Å². The lowest BCUT2D eigenvalue weighted by Gasteiger charge is -2.28. The summed E-state index contributed by atoms with van der Waals surface area (Å²) < 4.78 is 5.18. The number of nitrogens with one attached hydrogen (secondary N) is 2. The van der Waals surface area contributed by atoms with Gasteiger partial charge in [0.2, 0.25) is 11.8 Å². The zero-order valence-electron chi connectivity index (χ0n) is 12.9. The number of piperidine rings is 1. The topological polar surface area (TPSA) is 63.2 Å². The maximum atomic E-state index is 12.1. The smallest absolute Gasteiger partial charge is 0.220 e. The molecule has 1 aromatic rings. The summed E-state index contributed by atoms with van der Waals surface area (Å²) in [7, 11) is 1.59. The monoisotopic (exact) mass is 291 g/mol. The number of carbonyl (C=O) groups is 1. The average Bonchev–Trinajstić information content (AvgIpc) is 2.54. The summed E-state index contributed by atoms with van der Waals surface area (Å²) in [5, 5.41) is 6.37. The second-order valence-corrected chi connectivity index (χ2v) is 5.74. The van der Waals surface area contributed by atoms with Gasteiger partial charge in [-0.1, -0.05) is 13.0 Å². The molecule has 21 heavy (non-hydrogen) atoms. The van der Waals surface area contributed by atoms with Gasteiger partial charge in [0.1, 0.15) is 0 Å². The van der Waals surface area contributed by atoms with Crippen molar-refractivity contribution >= 4 is 5.91 Å². The number of methoxy groups -OCH3 is 1. The highest BCUT2D eigenvalue weighted by atomic mass is 16.5. The number of nitrogens with zero attached hydrogens (tertiary/aromatic N) is 1. The molecule has 0 radical (unpaired) electrons. The second-order valence-electron chi connectivity index (χ2n) is 5.74. The van der Waals surface area contributed by atoms with Crippen molar-refractivity contribution < 1.29 is 9.53 Å². The maximum absolute atomic E-state index is 12.1. The quantitative estimate of drug-likeness (QED) is 0.838. The Morgan fingerprint density at radius 1 is 1.62 bits per heavy atom. The predicted octanol–water partition coefficient (Wildman–Crippen LogP) is 1.73. The molecule has 0 saturated carbocycles. The van der Waals surface area contributed by atoms with Gasteiger partial charge in [0, 0.05) is 24.7 Å². The maximum Gasteiger partial charge on any atom is 0.220 e. The van der Waals surface area contributed by atoms with Gasteiger partial charge in [0.05, 0.1) is 7.11 Å². The van der Waals surface area contributed by atoms with Crippen molar-refractivity contribution in [3.8, 4) is 5.88 Å². The van der Waals surface area contributed by atoms with E-state index in [0.717, 1.165) is 18.7 Å². The van der Waals surface area contributed by atoms with Gasteiger partial charge >= 0.3 is 0 Å². The summed E-state index contributed by atoms with van der Waals surface area (Å²) in [6, 6.07) is 3.76. The van der Waals surface area contributed by atoms with Crippen LogP contribution in [0.3, 0.4) is 0 Å². The lowest BCUT2D eigenvalue weighted by atomic mass is 9.85. The Morgan fingerprint density at radius 2 is 2.48 bits per heavy atom. The fourth-order valence-electron chi connectivity index (χ4n) is 2.83. The van der Waals surface area contributed by atoms with E-state index in [0.29, 0.717) is 30.7 Å². The van der Waals surface area contributed by atoms with E-state index in [1.54, 1.807) is 13.3 Å². The minimum atomic E-state index is 0.0963. The second kappa shape index (κ2) is 7.98. The summed E-state index contributed by atoms with van der Waals surface area (Å²) in [6.45, 7) is 4.77. The molecule has 0 spiro atoms. The molecule has 0 aliphatic carbocycles. The summed E-state index contributed by atoms with van der Waals surface area (Å²) in [6.07, 6.45) is 4.69. The van der Waals surface area contributed by atoms with Gasteiger partial charge in [-0.15, -0.1) is 0 Å². The Hall–Kier alpha value is -1.62. The number of carbonyl (C=O) groups excluding carboxylic acids is 1. The van der Waals surface area contributed by atoms with Gasteiger partial charge in [-0.25, -0.2) is 4.98 Å². The highest BCUT2D eigenvalue weighted by Crippen LogP contribution is 2.22. The van der Waals surface area contributed by atoms with E-state index in [1.807, 2.05) is 12.1 Å². The Kier molecular flexibility index (Phi) is 5.99. The number of pyridine rings is 1. The van der Waals surface area contributed by atoms with Gasteiger partial charge in [0.25, 0.3) is 0 Å². The van der Waals surface area contributed by atoms with Crippen LogP contribution in [0.25, 0.3) is 0 Å². The molecule has 1 aliphatic heterocycles. The molecule has 2 unspecified atom stereocenters. The van der Waals surface area contributed by atoms with Crippen molar-refractivity contribution in [2.24, 2.45) is 11.8 Å². The van der Waals surface area contributed by atoms with Crippen LogP contribution in [0, 0.1) is 11.8 Å². The number of aromatic nitrogens is 1. The van der Waals surface area contributed by atoms with Gasteiger partial charge in [-0.2, -0.15) is 0 Å². The molecule has 1 saturated heterocycles. The normalized spacial score (nSPS) is 19.8. The fourth-order valence-corrected chi connectivity index (χ4v) is 2.83. The molecule has 0 aromatic carbocycles. The lowest BCUT2D eigenvalue weighted by Crippen LogP contribution is -2.35. The summed E-state index contributed by atoms with van der Waals surface area (Å²) in [5.74, 6) is 1.69. The first-order valence-corrected chi connectivity index (χ1v) is 7.66. The van der Waals surface area contributed by atoms with Crippen LogP contribution in [0.2, 0.25) is 0 Å². The van der Waals surface area contributed by atoms with E-state index in [2.05, 4.69) is 22.5 Å². The molecular formula is C16H25N3O2. The zero-order valence-corrected chi connectivity index (χ0v) is 12.9. The van der Waals surface area contributed by atoms with Crippen molar-refractivity contribution in [3.05, 3.63) is 23.9 Å². The van der Waals surface area contributed by atoms with E-state index >= 15 is 0 Å². The molecule has 2 rings (SSSR count). The molecule has 2 heterocycles. The third-order valence-electron chi connectivity index (χ3n) is 4.17. The van der Waals surface area contributed by atoms with Gasteiger partial charge in [-0.05, 0) is 43.8 Å². The van der Waals surface area contributed by atoms with Crippen LogP contribution < -0.4 is 15.4 Å². The highest BCUT2D eigenvalue weighted by Gasteiger charge is 2.21. The van der Waals surface area contributed by atoms with E-state index in [9.17, 15) is 4.79 Å². The highest BCUT2D eigenvalue weighted by molar-refractivity contribution is 5.76. The minimum Gasteiger partial charge on any atom is -0.481 e. The molecule has 5 nitrogen and oxygen atoms in total. The van der Waals surface area contributed by atoms with Gasteiger partial charge < -0.3 is 15.4 Å². The lowest BCUT2D eigenvalue weighted by molar-refractivity contribution is -0.122. The molecule has 2 atom stereocenters. The molecule has 1 amide bonds. The minimum absolute atomic E-state index is 0.0963. The van der Waals surface area contributed by atoms with Gasteiger partial charge in [-0.3, -0.25) is 4.79 Å². The van der Waals surface area contributed by atoms with E-state index < -0.39 is 0 Å². The molecule has 5 heteroatoms. The standard InChI is InChI=1S/C16H25N3O2/c1-12(13-5-3-7-17-10-13)9-15(20)19-11-14-6-4-8-18-16(14)21-2/h4,6,8,12-13,17H,3,5,7,9-11H2,1-2H3,(H,19,20). The Labute approximate surface area is 126 Å². The largest absolute Gasteiger partial charge is 0.481 e. The zero-order chi connectivity index (χ0) is 15.1. The predicted molar refractivity (Wildman–Crippen MR) is 82.0 cm³/mol. The van der Waals surface area contributed by atoms with E-state index in [1.165, 1.54) is 12.8 Å². The first-order chi connectivity index (χ1) is 10.2. The molecule has 1 fully saturated rings. The van der Waals surface area contributed by atoms with E-state index in [-0.39, 0.29) is 5.91 Å². The first kappa shape index (κ1) is 15.8. The Morgan fingerprint density at radius 3 is 3.19 bits per heavy atom. The number of amides is 1. The average molecular weight is 291 g/mol. The number of hydrogen-bond donors (Lipinski definition) is 2. The third kappa shape index (κ3) is 4.70. The van der Waals surface area contributed by atoms with Crippen molar-refractivity contribution in [1.82, 2.24) is 15.6 Å². The third-order valence-corrected chi connectivity index (χ3v) is 4.17. The van der Waals surface area contributed by atoms with Crippen molar-refractivity contribution in [2.75, 3.05) is 20.2 Å². The molecule has 0 bridgehead atoms. The van der Waals surface area contributed by atoms with Crippen LogP contribution in [0.15, 0.2) is 18.3 Å². The van der Waals surface area contributed by atoms with Crippen LogP contribution in [0.4, 0.5) is 0 Å². The molecule has 1 aromatic heterocycles. The Balaban J connectivity index is 1.78. The van der Waals surface area contributed by atoms with Crippen molar-refractivity contribution in [2.45, 2.75) is 32.7 Å². The molecule has 116 valence electrons. The fraction of sp³-hybridized carbons (Fsp3) is 0.625. The van der Waals surface area contributed by atoms with Crippen LogP contribution in [-0.4, -0.2) is 31.1 Å². The summed E-state index contributed by atoms with van der Waals surface area (Å²) in [4.78, 5) is 16.2. The first-order valence-electron chi connectivity index (χ1n) is 7.66. The summed E-state index contributed by atoms with van der Waals surface area (Å²) in [5.41, 5.74) is 0.903. The van der Waals surface area contributed by atoms with E-state index in [4.69, 9.17) is 4.74 Å². The van der Waals surface area contributed by atoms with Gasteiger partial charge in [0.15, 0.2) is 0 Å². The van der Waals surface area contributed by atoms with Crippen LogP contribution in [0.5, 0.6) is 5.88 Å².